The average molecular weight is 112 g/mol. The van der Waals surface area contributed by atoms with Crippen molar-refractivity contribution in [1.29, 1.82) is 0 Å². The number of rotatable bonds is 3. The lowest BCUT2D eigenvalue weighted by Gasteiger charge is -2.05. The van der Waals surface area contributed by atoms with E-state index in [1.165, 1.54) is 0 Å². The van der Waals surface area contributed by atoms with Gasteiger partial charge in [0.15, 0.2) is 0 Å². The summed E-state index contributed by atoms with van der Waals surface area (Å²) < 4.78 is 5.14. The summed E-state index contributed by atoms with van der Waals surface area (Å²) >= 11 is 0. The first-order chi connectivity index (χ1) is 3.81. The Bertz CT molecular complexity index is 80.9. The molecule has 0 spiro atoms. The van der Waals surface area contributed by atoms with Gasteiger partial charge in [-0.3, -0.25) is 0 Å². The van der Waals surface area contributed by atoms with E-state index >= 15 is 0 Å². The van der Waals surface area contributed by atoms with Crippen molar-refractivity contribution in [3.63, 3.8) is 0 Å². The maximum absolute atomic E-state index is 5.14. The van der Waals surface area contributed by atoms with Crippen molar-refractivity contribution in [2.45, 2.75) is 26.4 Å². The zero-order valence-corrected chi connectivity index (χ0v) is 5.48. The van der Waals surface area contributed by atoms with Crippen molar-refractivity contribution < 1.29 is 4.74 Å². The number of terminal acetylenes is 1. The molecule has 8 heavy (non-hydrogen) atoms. The minimum atomic E-state index is 0.227. The topological polar surface area (TPSA) is 9.23 Å². The number of hydrogen-bond acceptors (Lipinski definition) is 1. The fourth-order valence-corrected chi connectivity index (χ4v) is 0.509. The molecular formula is C7H12O. The Kier molecular flexibility index (Phi) is 4.39. The van der Waals surface area contributed by atoms with E-state index in [9.17, 15) is 0 Å². The Hall–Kier alpha value is -0.480. The van der Waals surface area contributed by atoms with Crippen molar-refractivity contribution >= 4 is 0 Å². The standard InChI is InChI=1S/C7H12O/c1-4-6-7(3)8-5-2/h1,7H,5-6H2,2-3H3. The van der Waals surface area contributed by atoms with Crippen LogP contribution in [-0.2, 0) is 4.74 Å². The van der Waals surface area contributed by atoms with Gasteiger partial charge in [-0.2, -0.15) is 0 Å². The SMILES string of the molecule is C#CCC(C)OCC. The van der Waals surface area contributed by atoms with Crippen molar-refractivity contribution in [1.82, 2.24) is 0 Å². The second-order valence-electron chi connectivity index (χ2n) is 1.67. The zero-order valence-electron chi connectivity index (χ0n) is 5.48. The maximum atomic E-state index is 5.14. The smallest absolute Gasteiger partial charge is 0.0655 e. The van der Waals surface area contributed by atoms with Crippen LogP contribution in [0.3, 0.4) is 0 Å². The Morgan fingerprint density at radius 1 is 1.75 bits per heavy atom. The molecule has 0 N–H and O–H groups in total. The summed E-state index contributed by atoms with van der Waals surface area (Å²) in [6.45, 7) is 4.69. The van der Waals surface area contributed by atoms with Crippen LogP contribution in [0.2, 0.25) is 0 Å². The van der Waals surface area contributed by atoms with E-state index < -0.39 is 0 Å². The van der Waals surface area contributed by atoms with Gasteiger partial charge in [-0.15, -0.1) is 12.3 Å². The molecule has 0 amide bonds. The van der Waals surface area contributed by atoms with Gasteiger partial charge >= 0.3 is 0 Å². The highest BCUT2D eigenvalue weighted by Crippen LogP contribution is 1.93. The van der Waals surface area contributed by atoms with Crippen LogP contribution in [-0.4, -0.2) is 12.7 Å². The largest absolute Gasteiger partial charge is 0.378 e. The van der Waals surface area contributed by atoms with Crippen LogP contribution in [0, 0.1) is 12.3 Å². The second-order valence-corrected chi connectivity index (χ2v) is 1.67. The number of hydrogen-bond donors (Lipinski definition) is 0. The molecule has 1 atom stereocenters. The molecule has 0 saturated heterocycles. The third-order valence-corrected chi connectivity index (χ3v) is 0.856. The van der Waals surface area contributed by atoms with E-state index in [0.29, 0.717) is 6.42 Å². The summed E-state index contributed by atoms with van der Waals surface area (Å²) in [6, 6.07) is 0. The van der Waals surface area contributed by atoms with Gasteiger partial charge in [-0.05, 0) is 13.8 Å². The lowest BCUT2D eigenvalue weighted by Crippen LogP contribution is -2.05. The molecule has 0 fully saturated rings. The summed E-state index contributed by atoms with van der Waals surface area (Å²) in [5.41, 5.74) is 0. The summed E-state index contributed by atoms with van der Waals surface area (Å²) in [6.07, 6.45) is 5.97. The van der Waals surface area contributed by atoms with E-state index in [-0.39, 0.29) is 6.10 Å². The normalized spacial score (nSPS) is 12.6. The monoisotopic (exact) mass is 112 g/mol. The second kappa shape index (κ2) is 4.67. The van der Waals surface area contributed by atoms with Crippen LogP contribution in [0.25, 0.3) is 0 Å². The molecule has 0 aliphatic rings. The highest BCUT2D eigenvalue weighted by molar-refractivity contribution is 4.85. The highest BCUT2D eigenvalue weighted by Gasteiger charge is 1.94. The van der Waals surface area contributed by atoms with Crippen molar-refractivity contribution in [2.24, 2.45) is 0 Å². The molecule has 0 rings (SSSR count). The molecule has 0 aliphatic heterocycles. The fraction of sp³-hybridized carbons (Fsp3) is 0.714. The first-order valence-corrected chi connectivity index (χ1v) is 2.86. The van der Waals surface area contributed by atoms with Gasteiger partial charge in [0.2, 0.25) is 0 Å². The van der Waals surface area contributed by atoms with Gasteiger partial charge in [0, 0.05) is 13.0 Å². The van der Waals surface area contributed by atoms with Gasteiger partial charge < -0.3 is 4.74 Å². The van der Waals surface area contributed by atoms with Crippen LogP contribution in [0.4, 0.5) is 0 Å². The third kappa shape index (κ3) is 3.70. The Balaban J connectivity index is 3.08. The molecule has 1 unspecified atom stereocenters. The molecule has 1 heteroatoms. The summed E-state index contributed by atoms with van der Waals surface area (Å²) in [5, 5.41) is 0. The molecular weight excluding hydrogens is 100 g/mol. The molecule has 0 aliphatic carbocycles. The quantitative estimate of drug-likeness (QED) is 0.502. The molecule has 0 aromatic rings. The van der Waals surface area contributed by atoms with Crippen molar-refractivity contribution in [3.05, 3.63) is 0 Å². The molecule has 46 valence electrons. The van der Waals surface area contributed by atoms with E-state index in [2.05, 4.69) is 5.92 Å². The van der Waals surface area contributed by atoms with E-state index in [1.54, 1.807) is 0 Å². The summed E-state index contributed by atoms with van der Waals surface area (Å²) in [4.78, 5) is 0. The summed E-state index contributed by atoms with van der Waals surface area (Å²) in [7, 11) is 0. The summed E-state index contributed by atoms with van der Waals surface area (Å²) in [5.74, 6) is 2.53. The predicted molar refractivity (Wildman–Crippen MR) is 34.5 cm³/mol. The lowest BCUT2D eigenvalue weighted by atomic mass is 10.3. The van der Waals surface area contributed by atoms with E-state index in [4.69, 9.17) is 11.2 Å². The fourth-order valence-electron chi connectivity index (χ4n) is 0.509. The van der Waals surface area contributed by atoms with Crippen LogP contribution >= 0.6 is 0 Å². The van der Waals surface area contributed by atoms with Gasteiger partial charge in [0.1, 0.15) is 0 Å². The molecule has 0 bridgehead atoms. The van der Waals surface area contributed by atoms with Crippen molar-refractivity contribution in [2.75, 3.05) is 6.61 Å². The Labute approximate surface area is 51.0 Å². The van der Waals surface area contributed by atoms with Gasteiger partial charge in [0.05, 0.1) is 6.10 Å². The van der Waals surface area contributed by atoms with E-state index in [1.807, 2.05) is 13.8 Å². The van der Waals surface area contributed by atoms with Crippen molar-refractivity contribution in [3.8, 4) is 12.3 Å². The van der Waals surface area contributed by atoms with Gasteiger partial charge in [-0.25, -0.2) is 0 Å². The minimum absolute atomic E-state index is 0.227. The average Bonchev–Trinajstić information content (AvgIpc) is 1.68. The predicted octanol–water partition coefficient (Wildman–Crippen LogP) is 1.43. The highest BCUT2D eigenvalue weighted by atomic mass is 16.5. The zero-order chi connectivity index (χ0) is 6.41. The minimum Gasteiger partial charge on any atom is -0.378 e. The van der Waals surface area contributed by atoms with E-state index in [0.717, 1.165) is 6.61 Å². The Morgan fingerprint density at radius 2 is 2.38 bits per heavy atom. The molecule has 0 aromatic heterocycles. The number of ether oxygens (including phenoxy) is 1. The first kappa shape index (κ1) is 7.52. The third-order valence-electron chi connectivity index (χ3n) is 0.856. The van der Waals surface area contributed by atoms with Crippen LogP contribution < -0.4 is 0 Å². The molecule has 0 saturated carbocycles. The lowest BCUT2D eigenvalue weighted by molar-refractivity contribution is 0.0802. The first-order valence-electron chi connectivity index (χ1n) is 2.86. The molecule has 1 nitrogen and oxygen atoms in total. The van der Waals surface area contributed by atoms with Crippen LogP contribution in [0.1, 0.15) is 20.3 Å². The van der Waals surface area contributed by atoms with Crippen LogP contribution in [0.15, 0.2) is 0 Å². The molecule has 0 heterocycles. The van der Waals surface area contributed by atoms with Gasteiger partial charge in [-0.1, -0.05) is 0 Å². The molecule has 0 radical (unpaired) electrons. The molecule has 0 aromatic carbocycles. The van der Waals surface area contributed by atoms with Crippen LogP contribution in [0.5, 0.6) is 0 Å². The Morgan fingerprint density at radius 3 is 2.75 bits per heavy atom. The maximum Gasteiger partial charge on any atom is 0.0655 e. The van der Waals surface area contributed by atoms with Gasteiger partial charge in [0.25, 0.3) is 0 Å².